The van der Waals surface area contributed by atoms with Crippen molar-refractivity contribution in [3.05, 3.63) is 29.8 Å². The van der Waals surface area contributed by atoms with Gasteiger partial charge in [-0.25, -0.2) is 0 Å². The molecule has 0 aromatic heterocycles. The van der Waals surface area contributed by atoms with Gasteiger partial charge in [-0.15, -0.1) is 0 Å². The Morgan fingerprint density at radius 3 is 1.94 bits per heavy atom. The Morgan fingerprint density at radius 1 is 1.00 bits per heavy atom. The highest BCUT2D eigenvalue weighted by molar-refractivity contribution is 8.58. The summed E-state index contributed by atoms with van der Waals surface area (Å²) in [5.74, 6) is 0. The van der Waals surface area contributed by atoms with Crippen molar-refractivity contribution in [2.24, 2.45) is 0 Å². The molecule has 0 radical (unpaired) electrons. The number of hydrogen-bond acceptors (Lipinski definition) is 2. The SMILES string of the molecule is CCCCP(=O)(CCCC)Sc1ccc(C)cc1. The molecule has 0 bridgehead atoms. The number of unbranched alkanes of at least 4 members (excludes halogenated alkanes) is 2. The molecular formula is C15H25OPS. The van der Waals surface area contributed by atoms with Crippen LogP contribution >= 0.6 is 17.7 Å². The third-order valence-electron chi connectivity index (χ3n) is 3.00. The average Bonchev–Trinajstić information content (AvgIpc) is 2.37. The number of rotatable bonds is 8. The topological polar surface area (TPSA) is 17.1 Å². The van der Waals surface area contributed by atoms with E-state index >= 15 is 0 Å². The lowest BCUT2D eigenvalue weighted by molar-refractivity contribution is 0.580. The van der Waals surface area contributed by atoms with Crippen molar-refractivity contribution in [1.82, 2.24) is 0 Å². The third kappa shape index (κ3) is 5.63. The molecule has 0 saturated carbocycles. The van der Waals surface area contributed by atoms with Crippen molar-refractivity contribution in [1.29, 1.82) is 0 Å². The summed E-state index contributed by atoms with van der Waals surface area (Å²) in [5, 5.41) is 0. The van der Waals surface area contributed by atoms with Crippen molar-refractivity contribution in [3.63, 3.8) is 0 Å². The van der Waals surface area contributed by atoms with Crippen LogP contribution in [0.3, 0.4) is 0 Å². The largest absolute Gasteiger partial charge is 0.312 e. The van der Waals surface area contributed by atoms with Crippen LogP contribution < -0.4 is 0 Å². The van der Waals surface area contributed by atoms with Gasteiger partial charge in [0.1, 0.15) is 6.34 Å². The Bertz CT molecular complexity index is 374. The van der Waals surface area contributed by atoms with Gasteiger partial charge in [0.2, 0.25) is 0 Å². The minimum Gasteiger partial charge on any atom is -0.312 e. The molecule has 0 amide bonds. The van der Waals surface area contributed by atoms with Gasteiger partial charge in [0.25, 0.3) is 0 Å². The summed E-state index contributed by atoms with van der Waals surface area (Å²) in [4.78, 5) is 1.16. The van der Waals surface area contributed by atoms with Crippen LogP contribution in [0, 0.1) is 6.92 Å². The van der Waals surface area contributed by atoms with Gasteiger partial charge in [-0.3, -0.25) is 0 Å². The van der Waals surface area contributed by atoms with Gasteiger partial charge in [0.15, 0.2) is 0 Å². The van der Waals surface area contributed by atoms with E-state index < -0.39 is 6.34 Å². The van der Waals surface area contributed by atoms with Crippen molar-refractivity contribution in [3.8, 4) is 0 Å². The highest BCUT2D eigenvalue weighted by Crippen LogP contribution is 2.62. The zero-order valence-corrected chi connectivity index (χ0v) is 13.5. The first-order chi connectivity index (χ1) is 8.59. The summed E-state index contributed by atoms with van der Waals surface area (Å²) >= 11 is 1.64. The monoisotopic (exact) mass is 284 g/mol. The molecule has 0 N–H and O–H groups in total. The Balaban J connectivity index is 2.70. The second-order valence-corrected chi connectivity index (χ2v) is 10.6. The highest BCUT2D eigenvalue weighted by Gasteiger charge is 2.22. The zero-order chi connectivity index (χ0) is 13.4. The summed E-state index contributed by atoms with van der Waals surface area (Å²) in [6, 6.07) is 8.41. The summed E-state index contributed by atoms with van der Waals surface area (Å²) in [5.41, 5.74) is 1.26. The van der Waals surface area contributed by atoms with Gasteiger partial charge in [0, 0.05) is 17.2 Å². The van der Waals surface area contributed by atoms with E-state index in [4.69, 9.17) is 0 Å². The van der Waals surface area contributed by atoms with E-state index in [0.29, 0.717) is 0 Å². The first kappa shape index (κ1) is 15.9. The van der Waals surface area contributed by atoms with Crippen molar-refractivity contribution in [2.75, 3.05) is 12.3 Å². The van der Waals surface area contributed by atoms with E-state index in [1.54, 1.807) is 11.4 Å². The lowest BCUT2D eigenvalue weighted by Crippen LogP contribution is -1.92. The van der Waals surface area contributed by atoms with Crippen LogP contribution in [-0.2, 0) is 4.57 Å². The molecule has 0 aliphatic heterocycles. The molecule has 1 aromatic rings. The minimum absolute atomic E-state index is 0.891. The lowest BCUT2D eigenvalue weighted by Gasteiger charge is -2.17. The normalized spacial score (nSPS) is 11.7. The van der Waals surface area contributed by atoms with Crippen LogP contribution in [-0.4, -0.2) is 12.3 Å². The van der Waals surface area contributed by atoms with Gasteiger partial charge in [-0.2, -0.15) is 0 Å². The Morgan fingerprint density at radius 2 is 1.50 bits per heavy atom. The number of hydrogen-bond donors (Lipinski definition) is 0. The Kier molecular flexibility index (Phi) is 7.11. The molecule has 0 fully saturated rings. The van der Waals surface area contributed by atoms with E-state index in [-0.39, 0.29) is 0 Å². The van der Waals surface area contributed by atoms with E-state index in [1.165, 1.54) is 5.56 Å². The van der Waals surface area contributed by atoms with E-state index in [9.17, 15) is 4.57 Å². The molecule has 1 nitrogen and oxygen atoms in total. The summed E-state index contributed by atoms with van der Waals surface area (Å²) in [6.45, 7) is 6.42. The van der Waals surface area contributed by atoms with Gasteiger partial charge >= 0.3 is 0 Å². The fraction of sp³-hybridized carbons (Fsp3) is 0.600. The second kappa shape index (κ2) is 8.07. The Hall–Kier alpha value is -0.200. The summed E-state index contributed by atoms with van der Waals surface area (Å²) in [7, 11) is 0. The van der Waals surface area contributed by atoms with Crippen LogP contribution in [0.4, 0.5) is 0 Å². The third-order valence-corrected chi connectivity index (χ3v) is 8.53. The molecule has 0 saturated heterocycles. The molecule has 0 unspecified atom stereocenters. The fourth-order valence-corrected chi connectivity index (χ4v) is 7.28. The molecule has 18 heavy (non-hydrogen) atoms. The van der Waals surface area contributed by atoms with E-state index in [1.807, 2.05) is 0 Å². The predicted molar refractivity (Wildman–Crippen MR) is 84.2 cm³/mol. The molecule has 102 valence electrons. The smallest absolute Gasteiger partial charge is 0.143 e. The van der Waals surface area contributed by atoms with Crippen LogP contribution in [0.5, 0.6) is 0 Å². The van der Waals surface area contributed by atoms with E-state index in [2.05, 4.69) is 45.0 Å². The lowest BCUT2D eigenvalue weighted by atomic mass is 10.2. The molecule has 0 aliphatic carbocycles. The minimum atomic E-state index is -2.07. The molecule has 3 heteroatoms. The molecule has 0 heterocycles. The number of aryl methyl sites for hydroxylation is 1. The molecular weight excluding hydrogens is 259 g/mol. The van der Waals surface area contributed by atoms with Crippen molar-refractivity contribution in [2.45, 2.75) is 51.3 Å². The first-order valence-electron chi connectivity index (χ1n) is 6.94. The van der Waals surface area contributed by atoms with Gasteiger partial charge in [-0.1, -0.05) is 55.8 Å². The zero-order valence-electron chi connectivity index (χ0n) is 11.8. The fourth-order valence-electron chi connectivity index (χ4n) is 1.79. The molecule has 0 atom stereocenters. The second-order valence-electron chi connectivity index (χ2n) is 4.87. The molecule has 1 aromatic carbocycles. The Labute approximate surface area is 116 Å². The predicted octanol–water partition coefficient (Wildman–Crippen LogP) is 5.97. The maximum Gasteiger partial charge on any atom is 0.143 e. The molecule has 1 rings (SSSR count). The van der Waals surface area contributed by atoms with Crippen LogP contribution in [0.1, 0.15) is 45.1 Å². The van der Waals surface area contributed by atoms with Gasteiger partial charge in [0.05, 0.1) is 0 Å². The quantitative estimate of drug-likeness (QED) is 0.547. The van der Waals surface area contributed by atoms with Crippen molar-refractivity contribution >= 4 is 17.7 Å². The van der Waals surface area contributed by atoms with Gasteiger partial charge in [-0.05, 0) is 31.9 Å². The standard InChI is InChI=1S/C15H25OPS/c1-4-6-12-17(16,13-7-5-2)18-15-10-8-14(3)9-11-15/h8-11H,4-7,12-13H2,1-3H3. The van der Waals surface area contributed by atoms with Gasteiger partial charge < -0.3 is 4.57 Å². The van der Waals surface area contributed by atoms with Crippen LogP contribution in [0.15, 0.2) is 29.2 Å². The van der Waals surface area contributed by atoms with Crippen LogP contribution in [0.2, 0.25) is 0 Å². The van der Waals surface area contributed by atoms with E-state index in [0.717, 1.165) is 42.9 Å². The maximum absolute atomic E-state index is 12.9. The highest BCUT2D eigenvalue weighted by atomic mass is 32.7. The summed E-state index contributed by atoms with van der Waals surface area (Å²) < 4.78 is 12.9. The average molecular weight is 284 g/mol. The number of benzene rings is 1. The first-order valence-corrected chi connectivity index (χ1v) is 10.4. The molecule has 0 aliphatic rings. The van der Waals surface area contributed by atoms with Crippen molar-refractivity contribution < 1.29 is 4.57 Å². The van der Waals surface area contributed by atoms with Crippen LogP contribution in [0.25, 0.3) is 0 Å². The maximum atomic E-state index is 12.9. The summed E-state index contributed by atoms with van der Waals surface area (Å²) in [6.07, 6.45) is 4.13. The molecule has 0 spiro atoms.